The third-order valence-electron chi connectivity index (χ3n) is 7.74. The Bertz CT molecular complexity index is 1080. The van der Waals surface area contributed by atoms with Gasteiger partial charge in [-0.1, -0.05) is 51.4 Å². The number of aromatic nitrogens is 1. The van der Waals surface area contributed by atoms with Crippen molar-refractivity contribution in [1.29, 1.82) is 0 Å². The molecule has 0 unspecified atom stereocenters. The van der Waals surface area contributed by atoms with Crippen LogP contribution in [0.25, 0.3) is 0 Å². The predicted octanol–water partition coefficient (Wildman–Crippen LogP) is 4.24. The number of pyridine rings is 1. The maximum atomic E-state index is 13.6. The van der Waals surface area contributed by atoms with E-state index in [0.717, 1.165) is 37.3 Å². The molecule has 2 amide bonds. The van der Waals surface area contributed by atoms with E-state index in [9.17, 15) is 14.7 Å². The van der Waals surface area contributed by atoms with E-state index >= 15 is 0 Å². The van der Waals surface area contributed by atoms with Crippen molar-refractivity contribution in [2.45, 2.75) is 58.6 Å². The number of amides is 2. The monoisotopic (exact) mass is 512 g/mol. The summed E-state index contributed by atoms with van der Waals surface area (Å²) in [6, 6.07) is 10.2. The number of anilines is 1. The van der Waals surface area contributed by atoms with E-state index < -0.39 is 17.1 Å². The molecular weight excluding hydrogens is 476 g/mol. The molecule has 0 saturated carbocycles. The number of carbonyl (C=O) groups excluding carboxylic acids is 2. The Balaban J connectivity index is 1.45. The van der Waals surface area contributed by atoms with Gasteiger partial charge in [-0.15, -0.1) is 0 Å². The second-order valence-electron chi connectivity index (χ2n) is 11.1. The molecule has 2 N–H and O–H groups in total. The quantitative estimate of drug-likeness (QED) is 0.604. The molecule has 3 heterocycles. The first-order valence-corrected chi connectivity index (χ1v) is 13.2. The van der Waals surface area contributed by atoms with Gasteiger partial charge in [0.15, 0.2) is 0 Å². The number of rotatable bonds is 6. The third kappa shape index (κ3) is 5.23. The number of benzene rings is 1. The van der Waals surface area contributed by atoms with Crippen molar-refractivity contribution >= 4 is 29.2 Å². The van der Waals surface area contributed by atoms with Gasteiger partial charge in [-0.2, -0.15) is 0 Å². The Kier molecular flexibility index (Phi) is 7.62. The van der Waals surface area contributed by atoms with E-state index in [1.807, 2.05) is 45.9 Å². The highest BCUT2D eigenvalue weighted by Gasteiger charge is 2.50. The molecule has 8 heteroatoms. The van der Waals surface area contributed by atoms with E-state index in [2.05, 4.69) is 15.2 Å². The summed E-state index contributed by atoms with van der Waals surface area (Å²) in [6.45, 7) is 10.5. The van der Waals surface area contributed by atoms with Gasteiger partial charge in [0.1, 0.15) is 11.9 Å². The number of piperidine rings is 1. The summed E-state index contributed by atoms with van der Waals surface area (Å²) in [5.74, 6) is 0.338. The molecule has 1 aromatic carbocycles. The van der Waals surface area contributed by atoms with Gasteiger partial charge in [0, 0.05) is 42.8 Å². The minimum Gasteiger partial charge on any atom is -0.384 e. The zero-order valence-corrected chi connectivity index (χ0v) is 22.4. The van der Waals surface area contributed by atoms with Crippen LogP contribution in [0.15, 0.2) is 42.6 Å². The van der Waals surface area contributed by atoms with E-state index in [-0.39, 0.29) is 17.7 Å². The normalized spacial score (nSPS) is 22.5. The van der Waals surface area contributed by atoms with Crippen LogP contribution in [0.5, 0.6) is 0 Å². The van der Waals surface area contributed by atoms with Gasteiger partial charge in [0.25, 0.3) is 5.91 Å². The lowest BCUT2D eigenvalue weighted by atomic mass is 9.66. The van der Waals surface area contributed by atoms with E-state index in [0.29, 0.717) is 30.1 Å². The van der Waals surface area contributed by atoms with Crippen LogP contribution in [-0.2, 0) is 10.4 Å². The Morgan fingerprint density at radius 1 is 1.06 bits per heavy atom. The van der Waals surface area contributed by atoms with Gasteiger partial charge >= 0.3 is 0 Å². The topological polar surface area (TPSA) is 85.8 Å². The molecule has 0 bridgehead atoms. The lowest BCUT2D eigenvalue weighted by Crippen LogP contribution is -2.60. The molecule has 7 nitrogen and oxygen atoms in total. The van der Waals surface area contributed by atoms with Crippen molar-refractivity contribution in [2.75, 3.05) is 31.1 Å². The van der Waals surface area contributed by atoms with Crippen LogP contribution in [0.2, 0.25) is 5.02 Å². The summed E-state index contributed by atoms with van der Waals surface area (Å²) in [4.78, 5) is 35.1. The molecule has 2 atom stereocenters. The van der Waals surface area contributed by atoms with E-state index in [4.69, 9.17) is 11.6 Å². The summed E-state index contributed by atoms with van der Waals surface area (Å²) < 4.78 is 0. The fourth-order valence-corrected chi connectivity index (χ4v) is 5.49. The highest BCUT2D eigenvalue weighted by atomic mass is 35.5. The fraction of sp³-hybridized carbons (Fsp3) is 0.536. The molecule has 1 aromatic heterocycles. The van der Waals surface area contributed by atoms with Gasteiger partial charge < -0.3 is 20.2 Å². The van der Waals surface area contributed by atoms with Gasteiger partial charge in [0.05, 0.1) is 11.2 Å². The lowest BCUT2D eigenvalue weighted by molar-refractivity contribution is -0.155. The lowest BCUT2D eigenvalue weighted by Gasteiger charge is -2.51. The molecule has 36 heavy (non-hydrogen) atoms. The van der Waals surface area contributed by atoms with Crippen LogP contribution in [0.3, 0.4) is 0 Å². The van der Waals surface area contributed by atoms with Crippen LogP contribution in [-0.4, -0.2) is 59.0 Å². The molecule has 0 spiro atoms. The van der Waals surface area contributed by atoms with E-state index in [1.54, 1.807) is 29.3 Å². The molecule has 2 aliphatic rings. The standard InChI is InChI=1S/C28H37ClN4O3/c1-19(2)24(31-25(34)20-7-12-23(30-17-20)32-14-5-6-15-32)26(35)33-16-13-28(36,27(3,4)18-33)21-8-10-22(29)11-9-21/h7-12,17,19,24,36H,5-6,13-16,18H2,1-4H3,(H,31,34)/t24-,28+/m1/s1. The zero-order chi connectivity index (χ0) is 26.1. The van der Waals surface area contributed by atoms with Crippen molar-refractivity contribution < 1.29 is 14.7 Å². The van der Waals surface area contributed by atoms with Crippen LogP contribution in [0.4, 0.5) is 5.82 Å². The maximum Gasteiger partial charge on any atom is 0.253 e. The summed E-state index contributed by atoms with van der Waals surface area (Å²) >= 11 is 6.04. The highest BCUT2D eigenvalue weighted by Crippen LogP contribution is 2.46. The summed E-state index contributed by atoms with van der Waals surface area (Å²) in [7, 11) is 0. The number of nitrogens with one attached hydrogen (secondary N) is 1. The second-order valence-corrected chi connectivity index (χ2v) is 11.5. The summed E-state index contributed by atoms with van der Waals surface area (Å²) in [5.41, 5.74) is -0.460. The third-order valence-corrected chi connectivity index (χ3v) is 7.99. The summed E-state index contributed by atoms with van der Waals surface area (Å²) in [5, 5.41) is 15.2. The molecule has 4 rings (SSSR count). The molecule has 2 saturated heterocycles. The van der Waals surface area contributed by atoms with Crippen molar-refractivity contribution in [3.63, 3.8) is 0 Å². The van der Waals surface area contributed by atoms with Crippen LogP contribution in [0, 0.1) is 11.3 Å². The molecule has 2 fully saturated rings. The van der Waals surface area contributed by atoms with Crippen molar-refractivity contribution in [2.24, 2.45) is 11.3 Å². The van der Waals surface area contributed by atoms with E-state index in [1.165, 1.54) is 0 Å². The maximum absolute atomic E-state index is 13.6. The number of aliphatic hydroxyl groups is 1. The number of carbonyl (C=O) groups is 2. The predicted molar refractivity (Wildman–Crippen MR) is 142 cm³/mol. The first kappa shape index (κ1) is 26.4. The average molecular weight is 513 g/mol. The Hall–Kier alpha value is -2.64. The minimum absolute atomic E-state index is 0.0986. The van der Waals surface area contributed by atoms with Crippen molar-refractivity contribution in [3.05, 3.63) is 58.7 Å². The Labute approximate surface area is 218 Å². The van der Waals surface area contributed by atoms with Crippen LogP contribution >= 0.6 is 11.6 Å². The SMILES string of the molecule is CC(C)[C@@H](NC(=O)c1ccc(N2CCCC2)nc1)C(=O)N1CC[C@](O)(c2ccc(Cl)cc2)C(C)(C)C1. The smallest absolute Gasteiger partial charge is 0.253 e. The van der Waals surface area contributed by atoms with Crippen LogP contribution in [0.1, 0.15) is 62.9 Å². The molecule has 0 aliphatic carbocycles. The highest BCUT2D eigenvalue weighted by molar-refractivity contribution is 6.30. The first-order valence-electron chi connectivity index (χ1n) is 12.8. The molecule has 2 aliphatic heterocycles. The zero-order valence-electron chi connectivity index (χ0n) is 21.6. The molecule has 194 valence electrons. The van der Waals surface area contributed by atoms with Gasteiger partial charge in [-0.25, -0.2) is 4.98 Å². The Morgan fingerprint density at radius 2 is 1.72 bits per heavy atom. The van der Waals surface area contributed by atoms with Crippen molar-refractivity contribution in [3.8, 4) is 0 Å². The number of nitrogens with zero attached hydrogens (tertiary/aromatic N) is 3. The molecule has 0 radical (unpaired) electrons. The second kappa shape index (κ2) is 10.4. The number of hydrogen-bond acceptors (Lipinski definition) is 5. The van der Waals surface area contributed by atoms with Crippen molar-refractivity contribution in [1.82, 2.24) is 15.2 Å². The fourth-order valence-electron chi connectivity index (χ4n) is 5.36. The number of likely N-dealkylation sites (tertiary alicyclic amines) is 1. The first-order chi connectivity index (χ1) is 17.0. The van der Waals surface area contributed by atoms with Gasteiger partial charge in [-0.3, -0.25) is 9.59 Å². The van der Waals surface area contributed by atoms with Gasteiger partial charge in [0.2, 0.25) is 5.91 Å². The average Bonchev–Trinajstić information content (AvgIpc) is 3.39. The minimum atomic E-state index is -1.09. The summed E-state index contributed by atoms with van der Waals surface area (Å²) in [6.07, 6.45) is 4.30. The van der Waals surface area contributed by atoms with Crippen LogP contribution < -0.4 is 10.2 Å². The van der Waals surface area contributed by atoms with Gasteiger partial charge in [-0.05, 0) is 55.0 Å². The molecular formula is C28H37ClN4O3. The largest absolute Gasteiger partial charge is 0.384 e. The number of hydrogen-bond donors (Lipinski definition) is 2. The molecule has 2 aromatic rings. The number of halogens is 1. The Morgan fingerprint density at radius 3 is 2.28 bits per heavy atom.